The van der Waals surface area contributed by atoms with Crippen molar-refractivity contribution in [1.82, 2.24) is 9.88 Å². The van der Waals surface area contributed by atoms with Crippen LogP contribution in [0.15, 0.2) is 18.3 Å². The Morgan fingerprint density at radius 3 is 2.89 bits per heavy atom. The van der Waals surface area contributed by atoms with Crippen molar-refractivity contribution < 1.29 is 9.53 Å². The molecule has 0 aliphatic carbocycles. The largest absolute Gasteiger partial charge is 0.383 e. The quantitative estimate of drug-likeness (QED) is 0.781. The molecule has 1 N–H and O–H groups in total. The van der Waals surface area contributed by atoms with Gasteiger partial charge in [-0.05, 0) is 25.5 Å². The zero-order chi connectivity index (χ0) is 14.1. The fraction of sp³-hybridized carbons (Fsp3) is 0.571. The molecular weight excluding hydrogens is 242 g/mol. The Hall–Kier alpha value is -1.62. The lowest BCUT2D eigenvalue weighted by atomic mass is 10.2. The molecule has 0 saturated carbocycles. The van der Waals surface area contributed by atoms with E-state index in [-0.39, 0.29) is 5.91 Å². The summed E-state index contributed by atoms with van der Waals surface area (Å²) < 4.78 is 5.02. The summed E-state index contributed by atoms with van der Waals surface area (Å²) >= 11 is 0. The molecule has 0 saturated heterocycles. The Morgan fingerprint density at radius 2 is 2.26 bits per heavy atom. The SMILES string of the molecule is CCCNc1cc(C(=O)N(CC)CCOC)ccn1. The number of carbonyl (C=O) groups is 1. The van der Waals surface area contributed by atoms with Crippen molar-refractivity contribution >= 4 is 11.7 Å². The van der Waals surface area contributed by atoms with E-state index in [9.17, 15) is 4.79 Å². The summed E-state index contributed by atoms with van der Waals surface area (Å²) in [5.74, 6) is 0.761. The zero-order valence-electron chi connectivity index (χ0n) is 12.0. The number of hydrogen-bond donors (Lipinski definition) is 1. The Balaban J connectivity index is 2.74. The summed E-state index contributed by atoms with van der Waals surface area (Å²) in [7, 11) is 1.64. The van der Waals surface area contributed by atoms with Gasteiger partial charge in [0.1, 0.15) is 5.82 Å². The van der Waals surface area contributed by atoms with Gasteiger partial charge in [-0.2, -0.15) is 0 Å². The van der Waals surface area contributed by atoms with Crippen molar-refractivity contribution in [3.05, 3.63) is 23.9 Å². The number of aromatic nitrogens is 1. The van der Waals surface area contributed by atoms with E-state index in [1.165, 1.54) is 0 Å². The first-order valence-electron chi connectivity index (χ1n) is 6.71. The number of amides is 1. The first-order valence-corrected chi connectivity index (χ1v) is 6.71. The van der Waals surface area contributed by atoms with Crippen LogP contribution in [0.25, 0.3) is 0 Å². The van der Waals surface area contributed by atoms with Crippen LogP contribution in [-0.4, -0.2) is 49.1 Å². The van der Waals surface area contributed by atoms with Gasteiger partial charge in [0, 0.05) is 38.5 Å². The molecule has 1 rings (SSSR count). The van der Waals surface area contributed by atoms with Crippen LogP contribution < -0.4 is 5.32 Å². The smallest absolute Gasteiger partial charge is 0.254 e. The van der Waals surface area contributed by atoms with E-state index in [1.54, 1.807) is 30.3 Å². The molecule has 1 aromatic heterocycles. The summed E-state index contributed by atoms with van der Waals surface area (Å²) in [6.07, 6.45) is 2.68. The predicted molar refractivity (Wildman–Crippen MR) is 76.5 cm³/mol. The maximum absolute atomic E-state index is 12.3. The van der Waals surface area contributed by atoms with Crippen molar-refractivity contribution in [2.75, 3.05) is 38.7 Å². The summed E-state index contributed by atoms with van der Waals surface area (Å²) in [5, 5.41) is 3.18. The van der Waals surface area contributed by atoms with Crippen LogP contribution in [0.3, 0.4) is 0 Å². The van der Waals surface area contributed by atoms with Gasteiger partial charge < -0.3 is 15.0 Å². The van der Waals surface area contributed by atoms with Gasteiger partial charge in [0.2, 0.25) is 0 Å². The molecule has 0 aliphatic heterocycles. The third-order valence-electron chi connectivity index (χ3n) is 2.80. The lowest BCUT2D eigenvalue weighted by molar-refractivity contribution is 0.0706. The topological polar surface area (TPSA) is 54.5 Å². The van der Waals surface area contributed by atoms with Crippen LogP contribution in [0.4, 0.5) is 5.82 Å². The number of likely N-dealkylation sites (N-methyl/N-ethyl adjacent to an activating group) is 1. The van der Waals surface area contributed by atoms with Gasteiger partial charge in [-0.3, -0.25) is 4.79 Å². The van der Waals surface area contributed by atoms with Gasteiger partial charge in [0.15, 0.2) is 0 Å². The van der Waals surface area contributed by atoms with Gasteiger partial charge in [0.05, 0.1) is 6.61 Å². The monoisotopic (exact) mass is 265 g/mol. The fourth-order valence-electron chi connectivity index (χ4n) is 1.70. The lowest BCUT2D eigenvalue weighted by Gasteiger charge is -2.20. The zero-order valence-corrected chi connectivity index (χ0v) is 12.0. The Kier molecular flexibility index (Phi) is 6.89. The van der Waals surface area contributed by atoms with Crippen LogP contribution >= 0.6 is 0 Å². The van der Waals surface area contributed by atoms with Crippen molar-refractivity contribution in [2.24, 2.45) is 0 Å². The molecule has 1 heterocycles. The number of nitrogens with zero attached hydrogens (tertiary/aromatic N) is 2. The van der Waals surface area contributed by atoms with E-state index in [0.717, 1.165) is 18.8 Å². The minimum Gasteiger partial charge on any atom is -0.383 e. The van der Waals surface area contributed by atoms with Gasteiger partial charge in [-0.15, -0.1) is 0 Å². The standard InChI is InChI=1S/C14H23N3O2/c1-4-7-15-13-11-12(6-8-16-13)14(18)17(5-2)9-10-19-3/h6,8,11H,4-5,7,9-10H2,1-3H3,(H,15,16). The average Bonchev–Trinajstić information content (AvgIpc) is 2.46. The number of ether oxygens (including phenoxy) is 1. The van der Waals surface area contributed by atoms with E-state index in [0.29, 0.717) is 25.3 Å². The average molecular weight is 265 g/mol. The Bertz CT molecular complexity index is 396. The number of rotatable bonds is 8. The normalized spacial score (nSPS) is 10.3. The highest BCUT2D eigenvalue weighted by molar-refractivity contribution is 5.94. The van der Waals surface area contributed by atoms with Crippen molar-refractivity contribution in [3.8, 4) is 0 Å². The molecule has 0 bridgehead atoms. The Morgan fingerprint density at radius 1 is 1.47 bits per heavy atom. The van der Waals surface area contributed by atoms with Crippen molar-refractivity contribution in [2.45, 2.75) is 20.3 Å². The van der Waals surface area contributed by atoms with Crippen LogP contribution in [0.2, 0.25) is 0 Å². The third-order valence-corrected chi connectivity index (χ3v) is 2.80. The van der Waals surface area contributed by atoms with Gasteiger partial charge in [0.25, 0.3) is 5.91 Å². The van der Waals surface area contributed by atoms with E-state index < -0.39 is 0 Å². The molecule has 5 heteroatoms. The summed E-state index contributed by atoms with van der Waals surface area (Å²) in [6, 6.07) is 3.54. The Labute approximate surface area is 115 Å². The molecule has 0 aliphatic rings. The number of methoxy groups -OCH3 is 1. The molecule has 0 radical (unpaired) electrons. The fourth-order valence-corrected chi connectivity index (χ4v) is 1.70. The predicted octanol–water partition coefficient (Wildman–Crippen LogP) is 2.01. The maximum Gasteiger partial charge on any atom is 0.254 e. The number of nitrogens with one attached hydrogen (secondary N) is 1. The second-order valence-electron chi connectivity index (χ2n) is 4.23. The van der Waals surface area contributed by atoms with E-state index >= 15 is 0 Å². The summed E-state index contributed by atoms with van der Waals surface area (Å²) in [4.78, 5) is 18.3. The highest BCUT2D eigenvalue weighted by Crippen LogP contribution is 2.10. The maximum atomic E-state index is 12.3. The number of hydrogen-bond acceptors (Lipinski definition) is 4. The number of carbonyl (C=O) groups excluding carboxylic acids is 1. The first-order chi connectivity index (χ1) is 9.22. The third kappa shape index (κ3) is 4.87. The second-order valence-corrected chi connectivity index (χ2v) is 4.23. The van der Waals surface area contributed by atoms with E-state index in [4.69, 9.17) is 4.74 Å². The number of pyridine rings is 1. The lowest BCUT2D eigenvalue weighted by Crippen LogP contribution is -2.33. The van der Waals surface area contributed by atoms with Crippen LogP contribution in [0, 0.1) is 0 Å². The highest BCUT2D eigenvalue weighted by atomic mass is 16.5. The molecule has 0 atom stereocenters. The van der Waals surface area contributed by atoms with E-state index in [2.05, 4.69) is 17.2 Å². The van der Waals surface area contributed by atoms with Crippen molar-refractivity contribution in [3.63, 3.8) is 0 Å². The molecule has 106 valence electrons. The molecule has 0 spiro atoms. The molecule has 0 unspecified atom stereocenters. The van der Waals surface area contributed by atoms with Crippen LogP contribution in [-0.2, 0) is 4.74 Å². The minimum absolute atomic E-state index is 0.0153. The van der Waals surface area contributed by atoms with Gasteiger partial charge in [-0.25, -0.2) is 4.98 Å². The molecule has 0 aromatic carbocycles. The molecular formula is C14H23N3O2. The summed E-state index contributed by atoms with van der Waals surface area (Å²) in [5.41, 5.74) is 0.659. The summed E-state index contributed by atoms with van der Waals surface area (Å²) in [6.45, 7) is 6.72. The molecule has 0 fully saturated rings. The molecule has 1 aromatic rings. The van der Waals surface area contributed by atoms with E-state index in [1.807, 2.05) is 6.92 Å². The van der Waals surface area contributed by atoms with Crippen LogP contribution in [0.5, 0.6) is 0 Å². The minimum atomic E-state index is 0.0153. The molecule has 19 heavy (non-hydrogen) atoms. The first kappa shape index (κ1) is 15.4. The highest BCUT2D eigenvalue weighted by Gasteiger charge is 2.14. The van der Waals surface area contributed by atoms with Gasteiger partial charge in [-0.1, -0.05) is 6.92 Å². The molecule has 1 amide bonds. The van der Waals surface area contributed by atoms with Crippen LogP contribution in [0.1, 0.15) is 30.6 Å². The molecule has 5 nitrogen and oxygen atoms in total. The van der Waals surface area contributed by atoms with Crippen molar-refractivity contribution in [1.29, 1.82) is 0 Å². The second kappa shape index (κ2) is 8.48. The number of anilines is 1. The van der Waals surface area contributed by atoms with Gasteiger partial charge >= 0.3 is 0 Å².